The Bertz CT molecular complexity index is 2070. The van der Waals surface area contributed by atoms with Crippen molar-refractivity contribution in [1.82, 2.24) is 45.7 Å². The normalized spacial score (nSPS) is 17.1. The van der Waals surface area contributed by atoms with Gasteiger partial charge < -0.3 is 30.4 Å². The van der Waals surface area contributed by atoms with Crippen molar-refractivity contribution in [2.75, 3.05) is 32.7 Å². The van der Waals surface area contributed by atoms with Crippen LogP contribution >= 0.6 is 0 Å². The van der Waals surface area contributed by atoms with Crippen LogP contribution in [0, 0.1) is 18.8 Å². The Balaban J connectivity index is 1.26. The number of aliphatic hydroxyl groups excluding tert-OH is 1. The lowest BCUT2D eigenvalue weighted by Gasteiger charge is -2.36. The number of hydrogen-bond acceptors (Lipinski definition) is 8. The van der Waals surface area contributed by atoms with Gasteiger partial charge in [0.2, 0.25) is 5.91 Å². The number of hydrazine groups is 1. The summed E-state index contributed by atoms with van der Waals surface area (Å²) in [5.74, 6) is -1.04. The molecule has 2 aromatic heterocycles. The molecule has 4 heterocycles. The van der Waals surface area contributed by atoms with Gasteiger partial charge in [-0.1, -0.05) is 107 Å². The number of carbonyl (C=O) groups is 4. The molecule has 0 saturated carbocycles. The van der Waals surface area contributed by atoms with Gasteiger partial charge in [0.1, 0.15) is 12.1 Å². The first-order valence-electron chi connectivity index (χ1n) is 21.6. The number of aliphatic hydroxyl groups is 1. The summed E-state index contributed by atoms with van der Waals surface area (Å²) in [4.78, 5) is 69.7. The molecule has 6 amide bonds. The highest BCUT2D eigenvalue weighted by Gasteiger charge is 2.41. The molecule has 2 fully saturated rings. The quantitative estimate of drug-likeness (QED) is 0.0888. The van der Waals surface area contributed by atoms with E-state index in [2.05, 4.69) is 26.0 Å². The number of pyridine rings is 2. The third-order valence-electron chi connectivity index (χ3n) is 11.9. The van der Waals surface area contributed by atoms with Gasteiger partial charge in [-0.2, -0.15) is 0 Å². The van der Waals surface area contributed by atoms with E-state index in [-0.39, 0.29) is 48.8 Å². The third kappa shape index (κ3) is 11.5. The molecule has 0 spiro atoms. The van der Waals surface area contributed by atoms with E-state index in [1.807, 2.05) is 126 Å². The molecule has 6 atom stereocenters. The van der Waals surface area contributed by atoms with Gasteiger partial charge in [-0.3, -0.25) is 25.0 Å². The molecule has 2 saturated heterocycles. The molecule has 2 aromatic carbocycles. The lowest BCUT2D eigenvalue weighted by Crippen LogP contribution is -2.59. The summed E-state index contributed by atoms with van der Waals surface area (Å²) in [6.45, 7) is 12.0. The lowest BCUT2D eigenvalue weighted by atomic mass is 9.95. The summed E-state index contributed by atoms with van der Waals surface area (Å²) >= 11 is 0. The molecule has 2 aliphatic heterocycles. The summed E-state index contributed by atoms with van der Waals surface area (Å²) in [5, 5.41) is 19.9. The molecular formula is C47H61N9O5. The third-order valence-corrected chi connectivity index (χ3v) is 11.9. The molecule has 4 N–H and O–H groups in total. The number of nitrogens with one attached hydrogen (secondary N) is 3. The Morgan fingerprint density at radius 2 is 1.52 bits per heavy atom. The fourth-order valence-electron chi connectivity index (χ4n) is 8.18. The SMILES string of the molecule is CC[C@H](C)[C@@H](C(=O)NN(Cc1ccc(-c2ccccn2)cc1)C[C@@H](O)[C@H](Cc1ccccc1)NC(=O)[C@H]([C@@H](C)CC)N1CCN(Cc2cccc(C)n2)C1=O)N1CCNC1=O. The first-order chi connectivity index (χ1) is 29.4. The fourth-order valence-corrected chi connectivity index (χ4v) is 8.18. The molecule has 0 radical (unpaired) electrons. The number of benzene rings is 2. The van der Waals surface area contributed by atoms with Crippen LogP contribution in [0.25, 0.3) is 11.3 Å². The molecule has 0 unspecified atom stereocenters. The predicted octanol–water partition coefficient (Wildman–Crippen LogP) is 5.17. The van der Waals surface area contributed by atoms with E-state index in [0.29, 0.717) is 52.0 Å². The van der Waals surface area contributed by atoms with Crippen LogP contribution < -0.4 is 16.1 Å². The second-order valence-electron chi connectivity index (χ2n) is 16.4. The topological polar surface area (TPSA) is 163 Å². The Kier molecular flexibility index (Phi) is 15.5. The number of aromatic nitrogens is 2. The molecule has 2 aliphatic rings. The summed E-state index contributed by atoms with van der Waals surface area (Å²) in [6, 6.07) is 26.1. The van der Waals surface area contributed by atoms with Gasteiger partial charge in [0.25, 0.3) is 5.91 Å². The molecular weight excluding hydrogens is 771 g/mol. The van der Waals surface area contributed by atoms with Gasteiger partial charge in [-0.25, -0.2) is 14.6 Å². The molecule has 4 aromatic rings. The van der Waals surface area contributed by atoms with Gasteiger partial charge >= 0.3 is 12.1 Å². The maximum atomic E-state index is 14.6. The zero-order valence-corrected chi connectivity index (χ0v) is 36.0. The van der Waals surface area contributed by atoms with E-state index >= 15 is 0 Å². The van der Waals surface area contributed by atoms with E-state index in [0.717, 1.165) is 33.8 Å². The van der Waals surface area contributed by atoms with Crippen LogP contribution in [0.3, 0.4) is 0 Å². The Morgan fingerprint density at radius 1 is 0.820 bits per heavy atom. The van der Waals surface area contributed by atoms with Gasteiger partial charge in [0, 0.05) is 56.7 Å². The number of rotatable bonds is 20. The summed E-state index contributed by atoms with van der Waals surface area (Å²) in [7, 11) is 0. The highest BCUT2D eigenvalue weighted by atomic mass is 16.3. The van der Waals surface area contributed by atoms with Crippen LogP contribution in [0.1, 0.15) is 63.1 Å². The zero-order chi connectivity index (χ0) is 43.5. The minimum atomic E-state index is -1.18. The fraction of sp³-hybridized carbons (Fsp3) is 0.447. The largest absolute Gasteiger partial charge is 0.390 e. The van der Waals surface area contributed by atoms with E-state index in [1.165, 1.54) is 0 Å². The van der Waals surface area contributed by atoms with Crippen LogP contribution in [-0.2, 0) is 29.1 Å². The minimum Gasteiger partial charge on any atom is -0.390 e. The van der Waals surface area contributed by atoms with Crippen molar-refractivity contribution in [3.63, 3.8) is 0 Å². The van der Waals surface area contributed by atoms with Gasteiger partial charge in [-0.15, -0.1) is 0 Å². The van der Waals surface area contributed by atoms with Gasteiger partial charge in [0.15, 0.2) is 0 Å². The Hall–Kier alpha value is -5.86. The number of nitrogens with zero attached hydrogens (tertiary/aromatic N) is 6. The van der Waals surface area contributed by atoms with Crippen molar-refractivity contribution in [2.45, 2.75) is 91.2 Å². The highest BCUT2D eigenvalue weighted by molar-refractivity contribution is 5.89. The highest BCUT2D eigenvalue weighted by Crippen LogP contribution is 2.24. The van der Waals surface area contributed by atoms with Gasteiger partial charge in [0.05, 0.1) is 30.1 Å². The maximum absolute atomic E-state index is 14.6. The second-order valence-corrected chi connectivity index (χ2v) is 16.4. The summed E-state index contributed by atoms with van der Waals surface area (Å²) in [6.07, 6.45) is 2.18. The van der Waals surface area contributed by atoms with Gasteiger partial charge in [-0.05, 0) is 60.6 Å². The standard InChI is InChI=1S/C47H61N9O5/c1-6-32(3)42(56-27-26-53(47(56)61)30-38-17-13-14-34(5)50-38)44(58)51-40(28-35-15-9-8-10-16-35)41(57)31-54(29-36-19-21-37(22-20-36)39-18-11-12-23-48-39)52-45(59)43(33(4)7-2)55-25-24-49-46(55)60/h8-23,32-33,40-43,57H,6-7,24-31H2,1-5H3,(H,49,60)(H,51,58)(H,52,59)/t32-,33-,40-,41+,42-,43-/m0/s1. The lowest BCUT2D eigenvalue weighted by molar-refractivity contribution is -0.134. The molecule has 61 heavy (non-hydrogen) atoms. The van der Waals surface area contributed by atoms with Crippen molar-refractivity contribution in [3.05, 3.63) is 120 Å². The number of amides is 6. The molecule has 14 nitrogen and oxygen atoms in total. The van der Waals surface area contributed by atoms with Crippen LogP contribution in [0.2, 0.25) is 0 Å². The average Bonchev–Trinajstić information content (AvgIpc) is 3.84. The van der Waals surface area contributed by atoms with Crippen molar-refractivity contribution in [2.24, 2.45) is 11.8 Å². The summed E-state index contributed by atoms with van der Waals surface area (Å²) in [5.41, 5.74) is 8.26. The number of urea groups is 2. The van der Waals surface area contributed by atoms with Crippen molar-refractivity contribution >= 4 is 23.9 Å². The van der Waals surface area contributed by atoms with E-state index in [1.54, 1.807) is 25.9 Å². The molecule has 324 valence electrons. The second kappa shape index (κ2) is 21.1. The number of aryl methyl sites for hydroxylation is 1. The predicted molar refractivity (Wildman–Crippen MR) is 234 cm³/mol. The van der Waals surface area contributed by atoms with Crippen molar-refractivity contribution in [3.8, 4) is 11.3 Å². The molecule has 14 heteroatoms. The van der Waals surface area contributed by atoms with Crippen LogP contribution in [0.15, 0.2) is 97.2 Å². The smallest absolute Gasteiger partial charge is 0.321 e. The van der Waals surface area contributed by atoms with E-state index in [9.17, 15) is 24.3 Å². The van der Waals surface area contributed by atoms with E-state index < -0.39 is 24.2 Å². The zero-order valence-electron chi connectivity index (χ0n) is 36.0. The Labute approximate surface area is 359 Å². The van der Waals surface area contributed by atoms with Crippen molar-refractivity contribution < 1.29 is 24.3 Å². The number of carbonyl (C=O) groups excluding carboxylic acids is 4. The average molecular weight is 832 g/mol. The first-order valence-corrected chi connectivity index (χ1v) is 21.6. The minimum absolute atomic E-state index is 0.0567. The molecule has 0 bridgehead atoms. The number of hydrogen-bond donors (Lipinski definition) is 4. The maximum Gasteiger partial charge on any atom is 0.321 e. The van der Waals surface area contributed by atoms with Crippen LogP contribution in [0.5, 0.6) is 0 Å². The van der Waals surface area contributed by atoms with E-state index in [4.69, 9.17) is 0 Å². The molecule has 0 aliphatic carbocycles. The van der Waals surface area contributed by atoms with Crippen molar-refractivity contribution in [1.29, 1.82) is 0 Å². The Morgan fingerprint density at radius 3 is 2.16 bits per heavy atom. The summed E-state index contributed by atoms with van der Waals surface area (Å²) < 4.78 is 0. The van der Waals surface area contributed by atoms with Crippen LogP contribution in [0.4, 0.5) is 9.59 Å². The first kappa shape index (κ1) is 44.7. The van der Waals surface area contributed by atoms with Crippen LogP contribution in [-0.4, -0.2) is 116 Å². The monoisotopic (exact) mass is 831 g/mol. The molecule has 6 rings (SSSR count).